The third-order valence-corrected chi connectivity index (χ3v) is 6.46. The molecule has 132 valence electrons. The molecule has 0 aliphatic carbocycles. The third-order valence-electron chi connectivity index (χ3n) is 5.21. The van der Waals surface area contributed by atoms with Crippen molar-refractivity contribution < 1.29 is 22.7 Å². The maximum atomic E-state index is 12.4. The number of carbonyl (C=O) groups is 1. The van der Waals surface area contributed by atoms with Crippen molar-refractivity contribution in [2.24, 2.45) is 5.41 Å². The summed E-state index contributed by atoms with van der Waals surface area (Å²) in [6, 6.07) is 0. The Labute approximate surface area is 138 Å². The number of ether oxygens (including phenoxy) is 2. The Morgan fingerprint density at radius 1 is 1.17 bits per heavy atom. The molecule has 7 nitrogen and oxygen atoms in total. The second kappa shape index (κ2) is 6.66. The normalized spacial score (nSPS) is 29.6. The molecule has 23 heavy (non-hydrogen) atoms. The summed E-state index contributed by atoms with van der Waals surface area (Å²) in [7, 11) is -3.21. The lowest BCUT2D eigenvalue weighted by molar-refractivity contribution is -0.143. The number of hydrogen-bond acceptors (Lipinski definition) is 5. The van der Waals surface area contributed by atoms with Gasteiger partial charge in [-0.25, -0.2) is 8.42 Å². The lowest BCUT2D eigenvalue weighted by Gasteiger charge is -2.42. The highest BCUT2D eigenvalue weighted by molar-refractivity contribution is 7.88. The van der Waals surface area contributed by atoms with Gasteiger partial charge in [0, 0.05) is 38.2 Å². The number of nitrogens with zero attached hydrogens (tertiary/aromatic N) is 2. The number of amides is 1. The maximum absolute atomic E-state index is 12.4. The predicted molar refractivity (Wildman–Crippen MR) is 84.5 cm³/mol. The molecular weight excluding hydrogens is 320 g/mol. The van der Waals surface area contributed by atoms with Gasteiger partial charge in [-0.05, 0) is 25.7 Å². The molecule has 3 saturated heterocycles. The first-order valence-corrected chi connectivity index (χ1v) is 10.2. The average molecular weight is 346 g/mol. The van der Waals surface area contributed by atoms with Crippen molar-refractivity contribution in [3.63, 3.8) is 0 Å². The first kappa shape index (κ1) is 17.1. The molecule has 0 aromatic rings. The Kier molecular flexibility index (Phi) is 4.96. The summed E-state index contributed by atoms with van der Waals surface area (Å²) < 4.78 is 36.5. The fourth-order valence-electron chi connectivity index (χ4n) is 3.72. The lowest BCUT2D eigenvalue weighted by atomic mass is 9.79. The highest BCUT2D eigenvalue weighted by Gasteiger charge is 2.42. The number of hydrogen-bond donors (Lipinski definition) is 0. The Bertz CT molecular complexity index is 536. The van der Waals surface area contributed by atoms with Crippen molar-refractivity contribution in [2.45, 2.75) is 31.8 Å². The molecule has 3 aliphatic rings. The van der Waals surface area contributed by atoms with Gasteiger partial charge in [0.05, 0.1) is 19.5 Å². The molecule has 1 atom stereocenters. The van der Waals surface area contributed by atoms with E-state index in [1.165, 1.54) is 10.6 Å². The summed E-state index contributed by atoms with van der Waals surface area (Å²) in [5, 5.41) is 0. The van der Waals surface area contributed by atoms with Crippen molar-refractivity contribution in [1.82, 2.24) is 9.21 Å². The molecule has 0 unspecified atom stereocenters. The molecule has 8 heteroatoms. The van der Waals surface area contributed by atoms with Crippen LogP contribution >= 0.6 is 0 Å². The van der Waals surface area contributed by atoms with Crippen LogP contribution in [0.3, 0.4) is 0 Å². The molecular formula is C15H26N2O5S. The number of likely N-dealkylation sites (tertiary alicyclic amines) is 1. The molecule has 1 amide bonds. The first-order chi connectivity index (χ1) is 10.9. The molecule has 0 bridgehead atoms. The van der Waals surface area contributed by atoms with E-state index in [4.69, 9.17) is 9.47 Å². The van der Waals surface area contributed by atoms with Crippen molar-refractivity contribution in [2.75, 3.05) is 52.3 Å². The van der Waals surface area contributed by atoms with Crippen molar-refractivity contribution in [3.8, 4) is 0 Å². The van der Waals surface area contributed by atoms with E-state index in [0.29, 0.717) is 46.0 Å². The quantitative estimate of drug-likeness (QED) is 0.707. The van der Waals surface area contributed by atoms with Gasteiger partial charge in [-0.15, -0.1) is 0 Å². The summed E-state index contributed by atoms with van der Waals surface area (Å²) in [5.41, 5.74) is -0.174. The Hall–Kier alpha value is -0.700. The minimum atomic E-state index is -3.21. The molecule has 0 radical (unpaired) electrons. The topological polar surface area (TPSA) is 76.2 Å². The van der Waals surface area contributed by atoms with Crippen LogP contribution in [-0.4, -0.2) is 81.9 Å². The van der Waals surface area contributed by atoms with Gasteiger partial charge in [-0.3, -0.25) is 4.79 Å². The van der Waals surface area contributed by atoms with E-state index in [1.807, 2.05) is 4.90 Å². The average Bonchev–Trinajstić information content (AvgIpc) is 2.96. The minimum absolute atomic E-state index is 0.0897. The molecule has 3 rings (SSSR count). The van der Waals surface area contributed by atoms with Crippen LogP contribution in [-0.2, 0) is 24.3 Å². The second-order valence-corrected chi connectivity index (χ2v) is 8.96. The molecule has 0 saturated carbocycles. The van der Waals surface area contributed by atoms with Gasteiger partial charge in [0.2, 0.25) is 10.0 Å². The monoisotopic (exact) mass is 346 g/mol. The molecule has 0 N–H and O–H groups in total. The second-order valence-electron chi connectivity index (χ2n) is 6.98. The van der Waals surface area contributed by atoms with E-state index in [1.54, 1.807) is 0 Å². The first-order valence-electron chi connectivity index (χ1n) is 8.33. The van der Waals surface area contributed by atoms with Crippen molar-refractivity contribution in [1.29, 1.82) is 0 Å². The van der Waals surface area contributed by atoms with Gasteiger partial charge >= 0.3 is 0 Å². The lowest BCUT2D eigenvalue weighted by Crippen LogP contribution is -2.51. The van der Waals surface area contributed by atoms with Gasteiger partial charge in [0.15, 0.2) is 0 Å². The maximum Gasteiger partial charge on any atom is 0.251 e. The smallest absolute Gasteiger partial charge is 0.251 e. The van der Waals surface area contributed by atoms with Gasteiger partial charge in [0.1, 0.15) is 6.10 Å². The molecule has 3 fully saturated rings. The zero-order valence-electron chi connectivity index (χ0n) is 13.7. The van der Waals surface area contributed by atoms with Gasteiger partial charge in [0.25, 0.3) is 5.91 Å². The summed E-state index contributed by atoms with van der Waals surface area (Å²) >= 11 is 0. The molecule has 1 spiro atoms. The van der Waals surface area contributed by atoms with E-state index in [9.17, 15) is 13.2 Å². The molecule has 3 heterocycles. The summed E-state index contributed by atoms with van der Waals surface area (Å²) in [6.07, 6.45) is 4.29. The number of piperidine rings is 1. The molecule has 0 aromatic heterocycles. The van der Waals surface area contributed by atoms with Gasteiger partial charge in [-0.1, -0.05) is 0 Å². The van der Waals surface area contributed by atoms with Gasteiger partial charge in [-0.2, -0.15) is 4.31 Å². The summed E-state index contributed by atoms with van der Waals surface area (Å²) in [5.74, 6) is 0.0897. The number of sulfonamides is 1. The fourth-order valence-corrected chi connectivity index (χ4v) is 4.63. The van der Waals surface area contributed by atoms with Crippen LogP contribution in [0.2, 0.25) is 0 Å². The van der Waals surface area contributed by atoms with Crippen LogP contribution < -0.4 is 0 Å². The molecule has 3 aliphatic heterocycles. The SMILES string of the molecule is CS(=O)(=O)N1CCOCC2(CCN(C(=O)[C@@H]3CCCO3)CC2)C1. The highest BCUT2D eigenvalue weighted by atomic mass is 32.2. The minimum Gasteiger partial charge on any atom is -0.379 e. The third kappa shape index (κ3) is 3.87. The van der Waals surface area contributed by atoms with Crippen molar-refractivity contribution >= 4 is 15.9 Å². The van der Waals surface area contributed by atoms with E-state index in [0.717, 1.165) is 25.7 Å². The van der Waals surface area contributed by atoms with Crippen molar-refractivity contribution in [3.05, 3.63) is 0 Å². The zero-order valence-corrected chi connectivity index (χ0v) is 14.5. The van der Waals surface area contributed by atoms with E-state index in [2.05, 4.69) is 0 Å². The summed E-state index contributed by atoms with van der Waals surface area (Å²) in [6.45, 7) is 3.89. The molecule has 0 aromatic carbocycles. The van der Waals surface area contributed by atoms with Gasteiger partial charge < -0.3 is 14.4 Å². The van der Waals surface area contributed by atoms with Crippen LogP contribution in [0.1, 0.15) is 25.7 Å². The van der Waals surface area contributed by atoms with Crippen LogP contribution in [0.4, 0.5) is 0 Å². The Morgan fingerprint density at radius 3 is 2.52 bits per heavy atom. The summed E-state index contributed by atoms with van der Waals surface area (Å²) in [4.78, 5) is 14.3. The number of rotatable bonds is 2. The Morgan fingerprint density at radius 2 is 1.91 bits per heavy atom. The van der Waals surface area contributed by atoms with E-state index < -0.39 is 10.0 Å². The standard InChI is InChI=1S/C15H26N2O5S/c1-23(19,20)17-8-10-21-12-15(11-17)4-6-16(7-5-15)14(18)13-3-2-9-22-13/h13H,2-12H2,1H3/t13-/m0/s1. The van der Waals surface area contributed by atoms with Crippen LogP contribution in [0.5, 0.6) is 0 Å². The van der Waals surface area contributed by atoms with Crippen LogP contribution in [0.25, 0.3) is 0 Å². The van der Waals surface area contributed by atoms with Crippen LogP contribution in [0, 0.1) is 5.41 Å². The van der Waals surface area contributed by atoms with Crippen LogP contribution in [0.15, 0.2) is 0 Å². The Balaban J connectivity index is 1.63. The highest BCUT2D eigenvalue weighted by Crippen LogP contribution is 2.35. The van der Waals surface area contributed by atoms with E-state index >= 15 is 0 Å². The number of carbonyl (C=O) groups excluding carboxylic acids is 1. The predicted octanol–water partition coefficient (Wildman–Crippen LogP) is 0.0660. The van der Waals surface area contributed by atoms with E-state index in [-0.39, 0.29) is 17.4 Å². The fraction of sp³-hybridized carbons (Fsp3) is 0.933. The zero-order chi connectivity index (χ0) is 16.5. The largest absolute Gasteiger partial charge is 0.379 e.